The predicted molar refractivity (Wildman–Crippen MR) is 59.9 cm³/mol. The molecule has 3 nitrogen and oxygen atoms in total. The highest BCUT2D eigenvalue weighted by atomic mass is 16.5. The van der Waals surface area contributed by atoms with Crippen molar-refractivity contribution in [3.05, 3.63) is 61.1 Å². The number of aliphatic hydroxyl groups excluding tert-OH is 1. The van der Waals surface area contributed by atoms with Crippen LogP contribution in [-0.2, 0) is 6.61 Å². The molecular weight excluding hydrogens is 190 g/mol. The first kappa shape index (κ1) is 11.2. The average Bonchev–Trinajstić information content (AvgIpc) is 2.72. The molecule has 0 aromatic carbocycles. The topological polar surface area (TPSA) is 46.3 Å². The lowest BCUT2D eigenvalue weighted by molar-refractivity contribution is 0.229. The number of nitrogens with zero attached hydrogens (tertiary/aromatic N) is 1. The fourth-order valence-electron chi connectivity index (χ4n) is 1.05. The third kappa shape index (κ3) is 3.07. The van der Waals surface area contributed by atoms with Crippen molar-refractivity contribution in [3.8, 4) is 0 Å². The van der Waals surface area contributed by atoms with Gasteiger partial charge in [-0.2, -0.15) is 0 Å². The second kappa shape index (κ2) is 5.78. The van der Waals surface area contributed by atoms with Crippen molar-refractivity contribution < 1.29 is 9.63 Å². The first-order valence-electron chi connectivity index (χ1n) is 4.50. The largest absolute Gasteiger partial charge is 0.388 e. The van der Waals surface area contributed by atoms with Gasteiger partial charge in [-0.15, -0.1) is 0 Å². The summed E-state index contributed by atoms with van der Waals surface area (Å²) in [5, 5.41) is 12.7. The van der Waals surface area contributed by atoms with Crippen molar-refractivity contribution in [1.82, 2.24) is 5.16 Å². The molecule has 0 amide bonds. The Hall–Kier alpha value is -1.87. The Kier molecular flexibility index (Phi) is 4.31. The predicted octanol–water partition coefficient (Wildman–Crippen LogP) is 2.48. The molecule has 0 saturated heterocycles. The number of rotatable bonds is 5. The zero-order chi connectivity index (χ0) is 11.1. The summed E-state index contributed by atoms with van der Waals surface area (Å²) in [7, 11) is 0. The van der Waals surface area contributed by atoms with Gasteiger partial charge < -0.3 is 9.63 Å². The molecule has 0 fully saturated rings. The Morgan fingerprint density at radius 1 is 1.47 bits per heavy atom. The Bertz CT molecular complexity index is 400. The van der Waals surface area contributed by atoms with Crippen molar-refractivity contribution in [1.29, 1.82) is 0 Å². The first-order valence-corrected chi connectivity index (χ1v) is 4.50. The lowest BCUT2D eigenvalue weighted by Crippen LogP contribution is -1.79. The Balaban J connectivity index is 2.98. The lowest BCUT2D eigenvalue weighted by Gasteiger charge is -1.92. The smallest absolute Gasteiger partial charge is 0.162 e. The summed E-state index contributed by atoms with van der Waals surface area (Å²) >= 11 is 0. The van der Waals surface area contributed by atoms with Gasteiger partial charge in [-0.05, 0) is 0 Å². The summed E-state index contributed by atoms with van der Waals surface area (Å²) in [6, 6.07) is 1.68. The molecule has 15 heavy (non-hydrogen) atoms. The maximum atomic E-state index is 8.83. The van der Waals surface area contributed by atoms with Crippen LogP contribution in [0.15, 0.2) is 54.1 Å². The summed E-state index contributed by atoms with van der Waals surface area (Å²) < 4.78 is 4.89. The number of hydrogen-bond donors (Lipinski definition) is 1. The van der Waals surface area contributed by atoms with Crippen LogP contribution in [0.25, 0.3) is 5.57 Å². The Morgan fingerprint density at radius 2 is 2.27 bits per heavy atom. The Morgan fingerprint density at radius 3 is 2.80 bits per heavy atom. The fourth-order valence-corrected chi connectivity index (χ4v) is 1.05. The van der Waals surface area contributed by atoms with Crippen LogP contribution in [-0.4, -0.2) is 10.3 Å². The van der Waals surface area contributed by atoms with E-state index in [0.717, 1.165) is 5.57 Å². The molecule has 0 unspecified atom stereocenters. The maximum Gasteiger partial charge on any atom is 0.162 e. The molecule has 1 aromatic heterocycles. The zero-order valence-corrected chi connectivity index (χ0v) is 8.39. The van der Waals surface area contributed by atoms with Gasteiger partial charge in [-0.25, -0.2) is 0 Å². The van der Waals surface area contributed by atoms with Crippen LogP contribution in [0.3, 0.4) is 0 Å². The monoisotopic (exact) mass is 203 g/mol. The van der Waals surface area contributed by atoms with Crippen LogP contribution in [0.5, 0.6) is 0 Å². The minimum atomic E-state index is -0.153. The normalized spacial score (nSPS) is 11.9. The molecule has 78 valence electrons. The third-order valence-corrected chi connectivity index (χ3v) is 1.72. The van der Waals surface area contributed by atoms with Crippen LogP contribution in [0.1, 0.15) is 11.5 Å². The molecule has 0 radical (unpaired) electrons. The first-order chi connectivity index (χ1) is 7.31. The van der Waals surface area contributed by atoms with E-state index in [2.05, 4.69) is 18.3 Å². The highest BCUT2D eigenvalue weighted by Gasteiger charge is 2.04. The molecule has 0 bridgehead atoms. The van der Waals surface area contributed by atoms with Crippen molar-refractivity contribution in [2.24, 2.45) is 0 Å². The van der Waals surface area contributed by atoms with E-state index in [1.807, 2.05) is 6.08 Å². The van der Waals surface area contributed by atoms with E-state index < -0.39 is 0 Å². The second-order valence-corrected chi connectivity index (χ2v) is 2.79. The number of aliphatic hydroxyl groups is 1. The standard InChI is InChI=1S/C12H13NO2/c1-3-5-7-10(6-4-2)12-8-11(9-14)15-13-12/h3-8,14H,1-2,9H2/b7-5-,10-6+. The van der Waals surface area contributed by atoms with Gasteiger partial charge in [0.2, 0.25) is 0 Å². The van der Waals surface area contributed by atoms with E-state index in [1.54, 1.807) is 30.4 Å². The molecule has 0 aliphatic rings. The SMILES string of the molecule is C=C/C=C\C(=C/C=C)c1cc(CO)on1. The summed E-state index contributed by atoms with van der Waals surface area (Å²) in [6.45, 7) is 7.05. The van der Waals surface area contributed by atoms with E-state index >= 15 is 0 Å². The van der Waals surface area contributed by atoms with Crippen molar-refractivity contribution in [2.45, 2.75) is 6.61 Å². The molecule has 0 spiro atoms. The minimum absolute atomic E-state index is 0.153. The lowest BCUT2D eigenvalue weighted by atomic mass is 10.1. The van der Waals surface area contributed by atoms with Crippen LogP contribution in [0, 0.1) is 0 Å². The van der Waals surface area contributed by atoms with E-state index in [1.165, 1.54) is 0 Å². The van der Waals surface area contributed by atoms with Gasteiger partial charge in [0, 0.05) is 11.6 Å². The van der Waals surface area contributed by atoms with Crippen LogP contribution in [0.2, 0.25) is 0 Å². The zero-order valence-electron chi connectivity index (χ0n) is 8.39. The number of aromatic nitrogens is 1. The molecule has 1 heterocycles. The van der Waals surface area contributed by atoms with Crippen molar-refractivity contribution in [3.63, 3.8) is 0 Å². The minimum Gasteiger partial charge on any atom is -0.388 e. The highest BCUT2D eigenvalue weighted by Crippen LogP contribution is 2.16. The summed E-state index contributed by atoms with van der Waals surface area (Å²) in [6.07, 6.45) is 8.77. The van der Waals surface area contributed by atoms with Gasteiger partial charge in [0.15, 0.2) is 5.76 Å². The van der Waals surface area contributed by atoms with Gasteiger partial charge >= 0.3 is 0 Å². The molecule has 3 heteroatoms. The third-order valence-electron chi connectivity index (χ3n) is 1.72. The molecule has 0 saturated carbocycles. The van der Waals surface area contributed by atoms with Gasteiger partial charge in [0.1, 0.15) is 12.3 Å². The number of allylic oxidation sites excluding steroid dienone is 6. The van der Waals surface area contributed by atoms with Crippen LogP contribution >= 0.6 is 0 Å². The van der Waals surface area contributed by atoms with E-state index in [0.29, 0.717) is 11.5 Å². The van der Waals surface area contributed by atoms with Crippen molar-refractivity contribution in [2.75, 3.05) is 0 Å². The molecule has 1 N–H and O–H groups in total. The molecule has 0 atom stereocenters. The average molecular weight is 203 g/mol. The van der Waals surface area contributed by atoms with Crippen LogP contribution < -0.4 is 0 Å². The highest BCUT2D eigenvalue weighted by molar-refractivity contribution is 5.73. The fraction of sp³-hybridized carbons (Fsp3) is 0.0833. The second-order valence-electron chi connectivity index (χ2n) is 2.79. The maximum absolute atomic E-state index is 8.83. The van der Waals surface area contributed by atoms with Crippen LogP contribution in [0.4, 0.5) is 0 Å². The molecular formula is C12H13NO2. The van der Waals surface area contributed by atoms with Gasteiger partial charge in [-0.3, -0.25) is 0 Å². The van der Waals surface area contributed by atoms with E-state index in [9.17, 15) is 0 Å². The number of hydrogen-bond acceptors (Lipinski definition) is 3. The van der Waals surface area contributed by atoms with Gasteiger partial charge in [0.25, 0.3) is 0 Å². The van der Waals surface area contributed by atoms with Gasteiger partial charge in [-0.1, -0.05) is 48.7 Å². The molecule has 1 rings (SSSR count). The van der Waals surface area contributed by atoms with Crippen molar-refractivity contribution >= 4 is 5.57 Å². The molecule has 0 aliphatic heterocycles. The summed E-state index contributed by atoms with van der Waals surface area (Å²) in [5.74, 6) is 0.437. The summed E-state index contributed by atoms with van der Waals surface area (Å²) in [4.78, 5) is 0. The van der Waals surface area contributed by atoms with Gasteiger partial charge in [0.05, 0.1) is 0 Å². The quantitative estimate of drug-likeness (QED) is 0.748. The van der Waals surface area contributed by atoms with E-state index in [4.69, 9.17) is 9.63 Å². The summed E-state index contributed by atoms with van der Waals surface area (Å²) in [5.41, 5.74) is 1.52. The molecule has 0 aliphatic carbocycles. The Labute approximate surface area is 88.7 Å². The van der Waals surface area contributed by atoms with E-state index in [-0.39, 0.29) is 6.61 Å². The molecule has 1 aromatic rings.